The summed E-state index contributed by atoms with van der Waals surface area (Å²) in [6, 6.07) is 3.56. The summed E-state index contributed by atoms with van der Waals surface area (Å²) >= 11 is 2.58. The second-order valence-corrected chi connectivity index (χ2v) is 7.98. The van der Waals surface area contributed by atoms with Crippen molar-refractivity contribution in [3.63, 3.8) is 0 Å². The number of nitrogens with zero attached hydrogens (tertiary/aromatic N) is 3. The molecule has 0 aliphatic rings. The Balaban J connectivity index is 1.86. The molecule has 1 aromatic carbocycles. The van der Waals surface area contributed by atoms with Crippen molar-refractivity contribution in [1.29, 1.82) is 0 Å². The van der Waals surface area contributed by atoms with Crippen LogP contribution >= 0.6 is 23.1 Å². The fourth-order valence-electron chi connectivity index (χ4n) is 2.51. The normalized spacial score (nSPS) is 11.1. The molecule has 0 aliphatic heterocycles. The first-order valence-electron chi connectivity index (χ1n) is 8.45. The summed E-state index contributed by atoms with van der Waals surface area (Å²) in [6.45, 7) is 5.76. The van der Waals surface area contributed by atoms with Gasteiger partial charge >= 0.3 is 0 Å². The number of rotatable bonds is 5. The van der Waals surface area contributed by atoms with E-state index in [2.05, 4.69) is 20.3 Å². The van der Waals surface area contributed by atoms with E-state index in [9.17, 15) is 13.6 Å². The van der Waals surface area contributed by atoms with Crippen LogP contribution in [-0.2, 0) is 0 Å². The van der Waals surface area contributed by atoms with Gasteiger partial charge in [-0.15, -0.1) is 23.1 Å². The molecule has 0 spiro atoms. The zero-order valence-electron chi connectivity index (χ0n) is 15.7. The summed E-state index contributed by atoms with van der Waals surface area (Å²) in [5.74, 6) is -1.38. The molecule has 2 heterocycles. The number of anilines is 1. The van der Waals surface area contributed by atoms with Gasteiger partial charge in [-0.3, -0.25) is 10.1 Å². The number of nitrogens with one attached hydrogen (secondary N) is 1. The van der Waals surface area contributed by atoms with Crippen LogP contribution in [0.4, 0.5) is 13.9 Å². The zero-order chi connectivity index (χ0) is 20.4. The number of thiazole rings is 1. The maximum Gasteiger partial charge on any atom is 0.262 e. The van der Waals surface area contributed by atoms with Gasteiger partial charge < -0.3 is 0 Å². The molecule has 0 fully saturated rings. The van der Waals surface area contributed by atoms with Gasteiger partial charge in [0.05, 0.1) is 17.0 Å². The van der Waals surface area contributed by atoms with E-state index in [0.29, 0.717) is 38.5 Å². The molecular weight excluding hydrogens is 402 g/mol. The molecule has 9 heteroatoms. The summed E-state index contributed by atoms with van der Waals surface area (Å²) in [6.07, 6.45) is 1.85. The van der Waals surface area contributed by atoms with Crippen LogP contribution in [0, 0.1) is 18.6 Å². The topological polar surface area (TPSA) is 67.8 Å². The minimum atomic E-state index is -0.946. The highest BCUT2D eigenvalue weighted by Gasteiger charge is 2.20. The Kier molecular flexibility index (Phi) is 6.04. The van der Waals surface area contributed by atoms with Crippen molar-refractivity contribution in [3.8, 4) is 11.3 Å². The predicted octanol–water partition coefficient (Wildman–Crippen LogP) is 5.28. The average molecular weight is 421 g/mol. The van der Waals surface area contributed by atoms with Crippen molar-refractivity contribution in [1.82, 2.24) is 15.0 Å². The Morgan fingerprint density at radius 3 is 2.57 bits per heavy atom. The van der Waals surface area contributed by atoms with Crippen molar-refractivity contribution >= 4 is 34.1 Å². The van der Waals surface area contributed by atoms with Crippen LogP contribution in [0.1, 0.15) is 41.6 Å². The number of hydrogen-bond acceptors (Lipinski definition) is 6. The SMILES string of the molecule is CSc1nc(C(C)C)nc(C)c1C(=O)Nc1nc(-c2ccc(F)c(F)c2)cs1. The fraction of sp³-hybridized carbons (Fsp3) is 0.263. The summed E-state index contributed by atoms with van der Waals surface area (Å²) in [5, 5.41) is 5.37. The molecule has 0 atom stereocenters. The third-order valence-corrected chi connectivity index (χ3v) is 5.39. The maximum atomic E-state index is 13.4. The van der Waals surface area contributed by atoms with Crippen LogP contribution in [0.5, 0.6) is 0 Å². The van der Waals surface area contributed by atoms with Gasteiger partial charge in [0.2, 0.25) is 0 Å². The van der Waals surface area contributed by atoms with E-state index in [1.54, 1.807) is 12.3 Å². The van der Waals surface area contributed by atoms with Gasteiger partial charge in [-0.1, -0.05) is 13.8 Å². The van der Waals surface area contributed by atoms with Gasteiger partial charge in [0.25, 0.3) is 5.91 Å². The van der Waals surface area contributed by atoms with Gasteiger partial charge in [-0.2, -0.15) is 0 Å². The summed E-state index contributed by atoms with van der Waals surface area (Å²) in [5.41, 5.74) is 1.88. The molecular formula is C19H18F2N4OS2. The van der Waals surface area contributed by atoms with Crippen LogP contribution in [0.15, 0.2) is 28.6 Å². The number of hydrogen-bond donors (Lipinski definition) is 1. The minimum absolute atomic E-state index is 0.152. The lowest BCUT2D eigenvalue weighted by atomic mass is 10.1. The lowest BCUT2D eigenvalue weighted by molar-refractivity contribution is 0.102. The molecule has 3 rings (SSSR count). The van der Waals surface area contributed by atoms with Crippen LogP contribution < -0.4 is 5.32 Å². The van der Waals surface area contributed by atoms with Gasteiger partial charge in [-0.25, -0.2) is 23.7 Å². The van der Waals surface area contributed by atoms with E-state index >= 15 is 0 Å². The van der Waals surface area contributed by atoms with Crippen molar-refractivity contribution < 1.29 is 13.6 Å². The van der Waals surface area contributed by atoms with E-state index in [1.807, 2.05) is 20.1 Å². The Hall–Kier alpha value is -2.39. The largest absolute Gasteiger partial charge is 0.298 e. The molecule has 0 radical (unpaired) electrons. The number of aromatic nitrogens is 3. The first-order chi connectivity index (χ1) is 13.3. The highest BCUT2D eigenvalue weighted by molar-refractivity contribution is 7.98. The number of aryl methyl sites for hydroxylation is 1. The quantitative estimate of drug-likeness (QED) is 0.449. The minimum Gasteiger partial charge on any atom is -0.298 e. The number of halogens is 2. The molecule has 1 amide bonds. The van der Waals surface area contributed by atoms with Crippen LogP contribution in [0.2, 0.25) is 0 Å². The number of thioether (sulfide) groups is 1. The monoisotopic (exact) mass is 420 g/mol. The van der Waals surface area contributed by atoms with Gasteiger partial charge in [0, 0.05) is 16.9 Å². The average Bonchev–Trinajstić information content (AvgIpc) is 3.11. The lowest BCUT2D eigenvalue weighted by Gasteiger charge is -2.12. The van der Waals surface area contributed by atoms with Crippen molar-refractivity contribution in [2.24, 2.45) is 0 Å². The molecule has 3 aromatic rings. The smallest absolute Gasteiger partial charge is 0.262 e. The molecule has 146 valence electrons. The third-order valence-electron chi connectivity index (χ3n) is 3.95. The molecule has 0 bridgehead atoms. The van der Waals surface area contributed by atoms with Gasteiger partial charge in [0.15, 0.2) is 16.8 Å². The highest BCUT2D eigenvalue weighted by Crippen LogP contribution is 2.28. The van der Waals surface area contributed by atoms with Crippen LogP contribution in [0.25, 0.3) is 11.3 Å². The Bertz CT molecular complexity index is 1040. The van der Waals surface area contributed by atoms with Crippen molar-refractivity contribution in [2.75, 3.05) is 11.6 Å². The van der Waals surface area contributed by atoms with Gasteiger partial charge in [0.1, 0.15) is 10.9 Å². The molecule has 0 unspecified atom stereocenters. The zero-order valence-corrected chi connectivity index (χ0v) is 17.3. The highest BCUT2D eigenvalue weighted by atomic mass is 32.2. The van der Waals surface area contributed by atoms with E-state index in [-0.39, 0.29) is 11.8 Å². The second-order valence-electron chi connectivity index (χ2n) is 6.33. The molecule has 5 nitrogen and oxygen atoms in total. The van der Waals surface area contributed by atoms with Crippen LogP contribution in [0.3, 0.4) is 0 Å². The Morgan fingerprint density at radius 2 is 1.93 bits per heavy atom. The number of carbonyl (C=O) groups excluding carboxylic acids is 1. The van der Waals surface area contributed by atoms with Gasteiger partial charge in [-0.05, 0) is 31.4 Å². The fourth-order valence-corrected chi connectivity index (χ4v) is 3.86. The molecule has 0 saturated heterocycles. The molecule has 1 N–H and O–H groups in total. The van der Waals surface area contributed by atoms with E-state index in [0.717, 1.165) is 12.1 Å². The van der Waals surface area contributed by atoms with E-state index < -0.39 is 11.6 Å². The maximum absolute atomic E-state index is 13.4. The molecule has 28 heavy (non-hydrogen) atoms. The number of carbonyl (C=O) groups is 1. The first-order valence-corrected chi connectivity index (χ1v) is 10.6. The Morgan fingerprint density at radius 1 is 1.18 bits per heavy atom. The lowest BCUT2D eigenvalue weighted by Crippen LogP contribution is -2.17. The molecule has 2 aromatic heterocycles. The standard InChI is InChI=1S/C19H18F2N4OS2/c1-9(2)16-22-10(3)15(18(24-16)27-4)17(26)25-19-23-14(8-28-19)11-5-6-12(20)13(21)7-11/h5-9H,1-4H3,(H,23,25,26). The summed E-state index contributed by atoms with van der Waals surface area (Å²) in [7, 11) is 0. The predicted molar refractivity (Wildman–Crippen MR) is 108 cm³/mol. The molecule has 0 saturated carbocycles. The van der Waals surface area contributed by atoms with Crippen molar-refractivity contribution in [3.05, 3.63) is 52.3 Å². The summed E-state index contributed by atoms with van der Waals surface area (Å²) in [4.78, 5) is 26.0. The van der Waals surface area contributed by atoms with E-state index in [4.69, 9.17) is 0 Å². The number of benzene rings is 1. The molecule has 0 aliphatic carbocycles. The number of amides is 1. The third kappa shape index (κ3) is 4.20. The Labute approximate surface area is 169 Å². The second kappa shape index (κ2) is 8.32. The summed E-state index contributed by atoms with van der Waals surface area (Å²) < 4.78 is 26.5. The first kappa shape index (κ1) is 20.3. The van der Waals surface area contributed by atoms with Crippen LogP contribution in [-0.4, -0.2) is 27.1 Å². The van der Waals surface area contributed by atoms with Crippen molar-refractivity contribution in [2.45, 2.75) is 31.7 Å². The van der Waals surface area contributed by atoms with E-state index in [1.165, 1.54) is 29.2 Å².